The summed E-state index contributed by atoms with van der Waals surface area (Å²) in [5.74, 6) is -1.27. The van der Waals surface area contributed by atoms with Crippen molar-refractivity contribution >= 4 is 11.9 Å². The summed E-state index contributed by atoms with van der Waals surface area (Å²) in [5, 5.41) is 10.5. The predicted molar refractivity (Wildman–Crippen MR) is 80.8 cm³/mol. The van der Waals surface area contributed by atoms with Crippen LogP contribution in [0.25, 0.3) is 0 Å². The van der Waals surface area contributed by atoms with Crippen LogP contribution in [-0.4, -0.2) is 35.9 Å². The van der Waals surface area contributed by atoms with Gasteiger partial charge in [-0.15, -0.1) is 0 Å². The van der Waals surface area contributed by atoms with Crippen LogP contribution in [0.3, 0.4) is 0 Å². The van der Waals surface area contributed by atoms with Crippen molar-refractivity contribution in [3.8, 4) is 0 Å². The Kier molecular flexibility index (Phi) is 5.19. The van der Waals surface area contributed by atoms with E-state index in [4.69, 9.17) is 9.47 Å². The molecule has 0 unspecified atom stereocenters. The van der Waals surface area contributed by atoms with Crippen molar-refractivity contribution in [2.45, 2.75) is 45.3 Å². The van der Waals surface area contributed by atoms with Crippen LogP contribution < -0.4 is 0 Å². The molecule has 3 atom stereocenters. The van der Waals surface area contributed by atoms with Crippen LogP contribution in [0.2, 0.25) is 0 Å². The minimum atomic E-state index is -0.875. The molecule has 1 fully saturated rings. The number of ether oxygens (including phenoxy) is 2. The summed E-state index contributed by atoms with van der Waals surface area (Å²) in [6, 6.07) is 0. The third-order valence-electron chi connectivity index (χ3n) is 4.04. The molecule has 2 rings (SSSR count). The van der Waals surface area contributed by atoms with Crippen molar-refractivity contribution in [2.75, 3.05) is 6.61 Å². The smallest absolute Gasteiger partial charge is 0.334 e. The van der Waals surface area contributed by atoms with Gasteiger partial charge in [0.2, 0.25) is 0 Å². The molecule has 1 N–H and O–H groups in total. The summed E-state index contributed by atoms with van der Waals surface area (Å²) in [7, 11) is 0. The van der Waals surface area contributed by atoms with Gasteiger partial charge in [-0.1, -0.05) is 24.3 Å². The van der Waals surface area contributed by atoms with E-state index in [9.17, 15) is 14.7 Å². The van der Waals surface area contributed by atoms with Crippen LogP contribution in [0.5, 0.6) is 0 Å². The zero-order valence-corrected chi connectivity index (χ0v) is 13.0. The van der Waals surface area contributed by atoms with Crippen LogP contribution in [0, 0.1) is 5.92 Å². The SMILES string of the molecule is C=C1C(=O)O[C@H]2C/C(C)=C/CC/C(COC(C)=O)=C/[C@@H](O)[C@H]12. The van der Waals surface area contributed by atoms with Gasteiger partial charge < -0.3 is 14.6 Å². The van der Waals surface area contributed by atoms with Gasteiger partial charge in [-0.2, -0.15) is 0 Å². The summed E-state index contributed by atoms with van der Waals surface area (Å²) >= 11 is 0. The van der Waals surface area contributed by atoms with Crippen LogP contribution in [0.1, 0.15) is 33.1 Å². The Labute approximate surface area is 130 Å². The van der Waals surface area contributed by atoms with Crippen molar-refractivity contribution in [1.29, 1.82) is 0 Å². The zero-order chi connectivity index (χ0) is 16.3. The molecule has 0 aromatic heterocycles. The first-order valence-electron chi connectivity index (χ1n) is 7.45. The van der Waals surface area contributed by atoms with Crippen molar-refractivity contribution in [2.24, 2.45) is 5.92 Å². The van der Waals surface area contributed by atoms with Gasteiger partial charge in [-0.05, 0) is 25.3 Å². The molecule has 120 valence electrons. The lowest BCUT2D eigenvalue weighted by molar-refractivity contribution is -0.140. The average molecular weight is 306 g/mol. The zero-order valence-electron chi connectivity index (χ0n) is 13.0. The molecule has 0 bridgehead atoms. The van der Waals surface area contributed by atoms with Gasteiger partial charge >= 0.3 is 11.9 Å². The molecule has 0 aromatic carbocycles. The molecule has 1 heterocycles. The average Bonchev–Trinajstić information content (AvgIpc) is 2.70. The molecule has 0 radical (unpaired) electrons. The second-order valence-electron chi connectivity index (χ2n) is 5.88. The second-order valence-corrected chi connectivity index (χ2v) is 5.88. The second kappa shape index (κ2) is 6.92. The molecule has 22 heavy (non-hydrogen) atoms. The van der Waals surface area contributed by atoms with Crippen molar-refractivity contribution in [1.82, 2.24) is 0 Å². The number of allylic oxidation sites excluding steroid dienone is 1. The fourth-order valence-corrected chi connectivity index (χ4v) is 2.89. The monoisotopic (exact) mass is 306 g/mol. The van der Waals surface area contributed by atoms with E-state index in [1.807, 2.05) is 6.92 Å². The molecule has 1 saturated heterocycles. The first kappa shape index (κ1) is 16.5. The fraction of sp³-hybridized carbons (Fsp3) is 0.529. The first-order valence-corrected chi connectivity index (χ1v) is 7.45. The Morgan fingerprint density at radius 2 is 2.27 bits per heavy atom. The largest absolute Gasteiger partial charge is 0.461 e. The molecule has 5 nitrogen and oxygen atoms in total. The van der Waals surface area contributed by atoms with E-state index in [0.29, 0.717) is 18.4 Å². The Bertz CT molecular complexity index is 543. The fourth-order valence-electron chi connectivity index (χ4n) is 2.89. The summed E-state index contributed by atoms with van der Waals surface area (Å²) in [6.07, 6.45) is 4.57. The van der Waals surface area contributed by atoms with Crippen LogP contribution in [0.4, 0.5) is 0 Å². The predicted octanol–water partition coefficient (Wildman–Crippen LogP) is 2.06. The van der Waals surface area contributed by atoms with Gasteiger partial charge in [0.1, 0.15) is 12.7 Å². The molecule has 0 amide bonds. The van der Waals surface area contributed by atoms with E-state index in [1.165, 1.54) is 6.92 Å². The number of hydrogen-bond donors (Lipinski definition) is 1. The lowest BCUT2D eigenvalue weighted by Gasteiger charge is -2.23. The van der Waals surface area contributed by atoms with Crippen LogP contribution in [-0.2, 0) is 19.1 Å². The maximum Gasteiger partial charge on any atom is 0.334 e. The lowest BCUT2D eigenvalue weighted by Crippen LogP contribution is -2.29. The van der Waals surface area contributed by atoms with E-state index in [0.717, 1.165) is 17.6 Å². The molecular formula is C17H22O5. The van der Waals surface area contributed by atoms with Crippen molar-refractivity contribution in [3.63, 3.8) is 0 Å². The van der Waals surface area contributed by atoms with E-state index in [2.05, 4.69) is 12.7 Å². The molecule has 0 aromatic rings. The summed E-state index contributed by atoms with van der Waals surface area (Å²) < 4.78 is 10.4. The Morgan fingerprint density at radius 1 is 1.55 bits per heavy atom. The van der Waals surface area contributed by atoms with Gasteiger partial charge in [0.15, 0.2) is 0 Å². The topological polar surface area (TPSA) is 72.8 Å². The Morgan fingerprint density at radius 3 is 2.95 bits per heavy atom. The quantitative estimate of drug-likeness (QED) is 0.480. The lowest BCUT2D eigenvalue weighted by atomic mass is 9.86. The third kappa shape index (κ3) is 3.85. The highest BCUT2D eigenvalue weighted by Gasteiger charge is 2.42. The number of rotatable bonds is 2. The summed E-state index contributed by atoms with van der Waals surface area (Å²) in [6.45, 7) is 7.23. The Hall–Kier alpha value is -1.88. The minimum Gasteiger partial charge on any atom is -0.461 e. The number of fused-ring (bicyclic) bond motifs is 1. The van der Waals surface area contributed by atoms with Crippen LogP contribution >= 0.6 is 0 Å². The molecule has 1 aliphatic heterocycles. The molecular weight excluding hydrogens is 284 g/mol. The number of aliphatic hydroxyl groups is 1. The highest BCUT2D eigenvalue weighted by molar-refractivity contribution is 5.91. The number of hydrogen-bond acceptors (Lipinski definition) is 5. The Balaban J connectivity index is 2.25. The summed E-state index contributed by atoms with van der Waals surface area (Å²) in [5.41, 5.74) is 2.24. The van der Waals surface area contributed by atoms with Gasteiger partial charge in [0, 0.05) is 18.9 Å². The number of carbonyl (C=O) groups excluding carboxylic acids is 2. The standard InChI is InChI=1S/C17H22O5/c1-10-5-4-6-13(9-21-12(3)18)8-14(19)16-11(2)17(20)22-15(16)7-10/h5,8,14-16,19H,2,4,6-7,9H2,1,3H3/b10-5+,13-8-/t14-,15+,16+/m1/s1. The summed E-state index contributed by atoms with van der Waals surface area (Å²) in [4.78, 5) is 22.7. The molecule has 2 aliphatic rings. The highest BCUT2D eigenvalue weighted by atomic mass is 16.6. The van der Waals surface area contributed by atoms with Gasteiger partial charge in [0.05, 0.1) is 12.0 Å². The van der Waals surface area contributed by atoms with Gasteiger partial charge in [-0.3, -0.25) is 4.79 Å². The molecule has 1 aliphatic carbocycles. The van der Waals surface area contributed by atoms with E-state index in [1.54, 1.807) is 6.08 Å². The van der Waals surface area contributed by atoms with Gasteiger partial charge in [-0.25, -0.2) is 4.79 Å². The molecule has 0 spiro atoms. The van der Waals surface area contributed by atoms with Crippen molar-refractivity contribution in [3.05, 3.63) is 35.5 Å². The minimum absolute atomic E-state index is 0.151. The maximum atomic E-state index is 11.7. The van der Waals surface area contributed by atoms with Crippen LogP contribution in [0.15, 0.2) is 35.5 Å². The van der Waals surface area contributed by atoms with E-state index < -0.39 is 24.1 Å². The molecule has 0 saturated carbocycles. The first-order chi connectivity index (χ1) is 10.4. The van der Waals surface area contributed by atoms with E-state index in [-0.39, 0.29) is 12.6 Å². The molecule has 5 heteroatoms. The number of aliphatic hydroxyl groups excluding tert-OH is 1. The number of esters is 2. The van der Waals surface area contributed by atoms with E-state index >= 15 is 0 Å². The third-order valence-corrected chi connectivity index (χ3v) is 4.04. The number of carbonyl (C=O) groups is 2. The van der Waals surface area contributed by atoms with Gasteiger partial charge in [0.25, 0.3) is 0 Å². The normalized spacial score (nSPS) is 33.9. The van der Waals surface area contributed by atoms with Crippen molar-refractivity contribution < 1.29 is 24.2 Å². The maximum absolute atomic E-state index is 11.7. The highest BCUT2D eigenvalue weighted by Crippen LogP contribution is 2.35.